The second-order valence-corrected chi connectivity index (χ2v) is 7.98. The van der Waals surface area contributed by atoms with Gasteiger partial charge in [0.2, 0.25) is 5.91 Å². The van der Waals surface area contributed by atoms with Crippen LogP contribution in [-0.4, -0.2) is 36.7 Å². The van der Waals surface area contributed by atoms with Crippen LogP contribution in [0, 0.1) is 6.92 Å². The predicted molar refractivity (Wildman–Crippen MR) is 122 cm³/mol. The van der Waals surface area contributed by atoms with E-state index in [4.69, 9.17) is 9.26 Å². The second-order valence-electron chi connectivity index (χ2n) is 7.98. The zero-order valence-electron chi connectivity index (χ0n) is 18.7. The number of amides is 2. The van der Waals surface area contributed by atoms with Gasteiger partial charge < -0.3 is 14.2 Å². The van der Waals surface area contributed by atoms with Gasteiger partial charge in [0.15, 0.2) is 5.82 Å². The molecular formula is C25H27N3O4. The summed E-state index contributed by atoms with van der Waals surface area (Å²) in [6.07, 6.45) is 0.519. The number of hydrogen-bond acceptors (Lipinski definition) is 5. The zero-order valence-corrected chi connectivity index (χ0v) is 18.7. The first kappa shape index (κ1) is 21.6. The van der Waals surface area contributed by atoms with Crippen molar-refractivity contribution >= 4 is 23.3 Å². The van der Waals surface area contributed by atoms with Crippen LogP contribution in [0.15, 0.2) is 59.1 Å². The summed E-state index contributed by atoms with van der Waals surface area (Å²) in [4.78, 5) is 30.5. The molecule has 0 unspecified atom stereocenters. The van der Waals surface area contributed by atoms with E-state index >= 15 is 0 Å². The summed E-state index contributed by atoms with van der Waals surface area (Å²) in [5.74, 6) is 1.34. The Morgan fingerprint density at radius 3 is 2.53 bits per heavy atom. The van der Waals surface area contributed by atoms with Crippen molar-refractivity contribution in [3.8, 4) is 5.75 Å². The van der Waals surface area contributed by atoms with Crippen LogP contribution in [0.1, 0.15) is 47.9 Å². The Bertz CT molecular complexity index is 1120. The standard InChI is InChI=1S/C25H27N3O4/c1-5-27(23-15-17(3)32-26-23)25(30)21-14-16(2)28(22-9-7-6-8-20(21)22)24(29)18-10-12-19(31-4)13-11-18/h6-13,15-16,21H,5,14H2,1-4H3/t16-,21-/m0/s1. The highest BCUT2D eigenvalue weighted by Gasteiger charge is 2.39. The smallest absolute Gasteiger partial charge is 0.258 e. The Labute approximate surface area is 187 Å². The highest BCUT2D eigenvalue weighted by Crippen LogP contribution is 2.40. The molecule has 7 heteroatoms. The van der Waals surface area contributed by atoms with E-state index in [0.29, 0.717) is 35.9 Å². The number of benzene rings is 2. The largest absolute Gasteiger partial charge is 0.497 e. The van der Waals surface area contributed by atoms with Crippen LogP contribution in [0.5, 0.6) is 5.75 Å². The SMILES string of the molecule is CCN(C(=O)[C@H]1C[C@H](C)N(C(=O)c2ccc(OC)cc2)c2ccccc21)c1cc(C)on1. The Balaban J connectivity index is 1.68. The van der Waals surface area contributed by atoms with Gasteiger partial charge in [0.1, 0.15) is 11.5 Å². The fraction of sp³-hybridized carbons (Fsp3) is 0.320. The number of aryl methyl sites for hydroxylation is 1. The van der Waals surface area contributed by atoms with Gasteiger partial charge in [-0.05, 0) is 63.1 Å². The number of carbonyl (C=O) groups excluding carboxylic acids is 2. The van der Waals surface area contributed by atoms with Crippen LogP contribution in [0.4, 0.5) is 11.5 Å². The lowest BCUT2D eigenvalue weighted by molar-refractivity contribution is -0.120. The maximum atomic E-state index is 13.6. The van der Waals surface area contributed by atoms with Crippen molar-refractivity contribution < 1.29 is 18.8 Å². The van der Waals surface area contributed by atoms with Gasteiger partial charge in [0.25, 0.3) is 5.91 Å². The molecule has 2 atom stereocenters. The molecule has 0 bridgehead atoms. The van der Waals surface area contributed by atoms with Crippen LogP contribution in [0.2, 0.25) is 0 Å². The van der Waals surface area contributed by atoms with Gasteiger partial charge in [-0.2, -0.15) is 0 Å². The van der Waals surface area contributed by atoms with Gasteiger partial charge in [-0.3, -0.25) is 14.5 Å². The summed E-state index contributed by atoms with van der Waals surface area (Å²) < 4.78 is 10.4. The molecule has 1 aromatic heterocycles. The molecule has 0 saturated heterocycles. The first-order chi connectivity index (χ1) is 15.4. The van der Waals surface area contributed by atoms with Crippen LogP contribution in [0.25, 0.3) is 0 Å². The van der Waals surface area contributed by atoms with Gasteiger partial charge in [-0.15, -0.1) is 0 Å². The van der Waals surface area contributed by atoms with Gasteiger partial charge in [-0.25, -0.2) is 0 Å². The molecule has 0 radical (unpaired) electrons. The average molecular weight is 434 g/mol. The number of nitrogens with zero attached hydrogens (tertiary/aromatic N) is 3. The minimum Gasteiger partial charge on any atom is -0.497 e. The summed E-state index contributed by atoms with van der Waals surface area (Å²) in [5, 5.41) is 4.03. The van der Waals surface area contributed by atoms with Crippen molar-refractivity contribution in [2.75, 3.05) is 23.5 Å². The zero-order chi connectivity index (χ0) is 22.8. The number of ether oxygens (including phenoxy) is 1. The molecule has 7 nitrogen and oxygen atoms in total. The van der Waals surface area contributed by atoms with Gasteiger partial charge in [-0.1, -0.05) is 23.4 Å². The number of fused-ring (bicyclic) bond motifs is 1. The number of anilines is 2. The van der Waals surface area contributed by atoms with Gasteiger partial charge in [0, 0.05) is 29.9 Å². The minimum absolute atomic E-state index is 0.0448. The maximum absolute atomic E-state index is 13.6. The highest BCUT2D eigenvalue weighted by molar-refractivity contribution is 6.09. The van der Waals surface area contributed by atoms with Crippen LogP contribution < -0.4 is 14.5 Å². The third kappa shape index (κ3) is 3.86. The summed E-state index contributed by atoms with van der Waals surface area (Å²) in [5.41, 5.74) is 2.18. The topological polar surface area (TPSA) is 75.9 Å². The molecular weight excluding hydrogens is 406 g/mol. The number of likely N-dealkylation sites (N-methyl/N-ethyl adjacent to an activating group) is 1. The van der Waals surface area contributed by atoms with Crippen molar-refractivity contribution in [2.24, 2.45) is 0 Å². The quantitative estimate of drug-likeness (QED) is 0.589. The van der Waals surface area contributed by atoms with E-state index in [2.05, 4.69) is 5.16 Å². The first-order valence-corrected chi connectivity index (χ1v) is 10.8. The lowest BCUT2D eigenvalue weighted by Crippen LogP contribution is -2.46. The highest BCUT2D eigenvalue weighted by atomic mass is 16.5. The fourth-order valence-corrected chi connectivity index (χ4v) is 4.33. The third-order valence-corrected chi connectivity index (χ3v) is 5.92. The molecule has 0 aliphatic carbocycles. The van der Waals surface area contributed by atoms with Crippen molar-refractivity contribution in [1.29, 1.82) is 0 Å². The van der Waals surface area contributed by atoms with Crippen molar-refractivity contribution in [3.63, 3.8) is 0 Å². The Kier molecular flexibility index (Phi) is 5.99. The summed E-state index contributed by atoms with van der Waals surface area (Å²) in [6, 6.07) is 16.3. The number of hydrogen-bond donors (Lipinski definition) is 0. The molecule has 2 aromatic carbocycles. The molecule has 32 heavy (non-hydrogen) atoms. The van der Waals surface area contributed by atoms with Gasteiger partial charge in [0.05, 0.1) is 13.0 Å². The van der Waals surface area contributed by atoms with Crippen LogP contribution >= 0.6 is 0 Å². The minimum atomic E-state index is -0.377. The molecule has 2 heterocycles. The van der Waals surface area contributed by atoms with E-state index in [1.54, 1.807) is 54.2 Å². The lowest BCUT2D eigenvalue weighted by atomic mass is 9.84. The Hall–Kier alpha value is -3.61. The molecule has 2 amide bonds. The lowest BCUT2D eigenvalue weighted by Gasteiger charge is -2.40. The third-order valence-electron chi connectivity index (χ3n) is 5.92. The van der Waals surface area contributed by atoms with E-state index in [9.17, 15) is 9.59 Å². The van der Waals surface area contributed by atoms with Gasteiger partial charge >= 0.3 is 0 Å². The van der Waals surface area contributed by atoms with E-state index in [1.165, 1.54) is 0 Å². The summed E-state index contributed by atoms with van der Waals surface area (Å²) >= 11 is 0. The molecule has 0 saturated carbocycles. The molecule has 1 aliphatic heterocycles. The fourth-order valence-electron chi connectivity index (χ4n) is 4.33. The van der Waals surface area contributed by atoms with Crippen molar-refractivity contribution in [3.05, 3.63) is 71.5 Å². The average Bonchev–Trinajstić information content (AvgIpc) is 3.24. The number of aromatic nitrogens is 1. The summed E-state index contributed by atoms with van der Waals surface area (Å²) in [6.45, 7) is 6.18. The molecule has 166 valence electrons. The summed E-state index contributed by atoms with van der Waals surface area (Å²) in [7, 11) is 1.59. The van der Waals surface area contributed by atoms with Crippen LogP contribution in [-0.2, 0) is 4.79 Å². The maximum Gasteiger partial charge on any atom is 0.258 e. The predicted octanol–water partition coefficient (Wildman–Crippen LogP) is 4.57. The Morgan fingerprint density at radius 2 is 1.91 bits per heavy atom. The number of carbonyl (C=O) groups is 2. The normalized spacial score (nSPS) is 17.6. The number of rotatable bonds is 5. The molecule has 4 rings (SSSR count). The van der Waals surface area contributed by atoms with E-state index < -0.39 is 0 Å². The van der Waals surface area contributed by atoms with Crippen LogP contribution in [0.3, 0.4) is 0 Å². The molecule has 3 aromatic rings. The molecule has 0 N–H and O–H groups in total. The first-order valence-electron chi connectivity index (χ1n) is 10.8. The van der Waals surface area contributed by atoms with Crippen molar-refractivity contribution in [1.82, 2.24) is 5.16 Å². The molecule has 0 spiro atoms. The van der Waals surface area contributed by atoms with E-state index in [1.807, 2.05) is 38.1 Å². The Morgan fingerprint density at radius 1 is 1.19 bits per heavy atom. The number of methoxy groups -OCH3 is 1. The van der Waals surface area contributed by atoms with E-state index in [0.717, 1.165) is 11.3 Å². The molecule has 0 fully saturated rings. The molecule has 1 aliphatic rings. The van der Waals surface area contributed by atoms with E-state index in [-0.39, 0.29) is 23.8 Å². The number of para-hydroxylation sites is 1. The second kappa shape index (κ2) is 8.86. The van der Waals surface area contributed by atoms with Crippen molar-refractivity contribution in [2.45, 2.75) is 39.2 Å². The monoisotopic (exact) mass is 433 g/mol.